The van der Waals surface area contributed by atoms with Gasteiger partial charge in [-0.05, 0) is 18.9 Å². The van der Waals surface area contributed by atoms with Crippen molar-refractivity contribution >= 4 is 5.91 Å². The van der Waals surface area contributed by atoms with Crippen molar-refractivity contribution < 1.29 is 4.79 Å². The van der Waals surface area contributed by atoms with Crippen LogP contribution in [0.15, 0.2) is 0 Å². The second-order valence-electron chi connectivity index (χ2n) is 3.58. The van der Waals surface area contributed by atoms with Crippen molar-refractivity contribution in [1.82, 2.24) is 10.2 Å². The van der Waals surface area contributed by atoms with Crippen molar-refractivity contribution in [3.8, 4) is 0 Å². The molecule has 62 valence electrons. The highest BCUT2D eigenvalue weighted by Gasteiger charge is 2.39. The van der Waals surface area contributed by atoms with E-state index in [0.717, 1.165) is 19.6 Å². The summed E-state index contributed by atoms with van der Waals surface area (Å²) in [5.41, 5.74) is 0. The number of nitrogens with one attached hydrogen (secondary N) is 1. The molecule has 0 aromatic heterocycles. The summed E-state index contributed by atoms with van der Waals surface area (Å²) >= 11 is 0. The normalized spacial score (nSPS) is 37.5. The quantitative estimate of drug-likeness (QED) is 0.519. The predicted octanol–water partition coefficient (Wildman–Crippen LogP) is -0.316. The molecule has 2 heterocycles. The van der Waals surface area contributed by atoms with Gasteiger partial charge in [0, 0.05) is 20.1 Å². The third kappa shape index (κ3) is 1.03. The van der Waals surface area contributed by atoms with Crippen LogP contribution in [0.25, 0.3) is 0 Å². The molecule has 2 saturated heterocycles. The zero-order valence-electron chi connectivity index (χ0n) is 6.84. The summed E-state index contributed by atoms with van der Waals surface area (Å²) in [5, 5.41) is 3.26. The Balaban J connectivity index is 2.11. The zero-order chi connectivity index (χ0) is 7.84. The minimum atomic E-state index is 0.286. The topological polar surface area (TPSA) is 32.3 Å². The van der Waals surface area contributed by atoms with Crippen molar-refractivity contribution in [1.29, 1.82) is 0 Å². The maximum Gasteiger partial charge on any atom is 0.227 e. The molecule has 0 aliphatic carbocycles. The van der Waals surface area contributed by atoms with Crippen LogP contribution in [0, 0.1) is 11.8 Å². The molecule has 2 aliphatic rings. The Morgan fingerprint density at radius 2 is 2.45 bits per heavy atom. The van der Waals surface area contributed by atoms with Crippen LogP contribution >= 0.6 is 0 Å². The summed E-state index contributed by atoms with van der Waals surface area (Å²) in [6.45, 7) is 2.96. The first kappa shape index (κ1) is 7.10. The molecule has 0 saturated carbocycles. The number of nitrogens with zero attached hydrogens (tertiary/aromatic N) is 1. The van der Waals surface area contributed by atoms with E-state index in [1.807, 2.05) is 11.9 Å². The number of amides is 1. The lowest BCUT2D eigenvalue weighted by molar-refractivity contribution is -0.130. The van der Waals surface area contributed by atoms with Gasteiger partial charge in [-0.15, -0.1) is 0 Å². The van der Waals surface area contributed by atoms with Crippen molar-refractivity contribution in [3.05, 3.63) is 0 Å². The van der Waals surface area contributed by atoms with E-state index < -0.39 is 0 Å². The van der Waals surface area contributed by atoms with Crippen LogP contribution in [0.2, 0.25) is 0 Å². The molecule has 2 unspecified atom stereocenters. The van der Waals surface area contributed by atoms with Crippen LogP contribution in [0.1, 0.15) is 6.42 Å². The Morgan fingerprint density at radius 1 is 1.64 bits per heavy atom. The highest BCUT2D eigenvalue weighted by atomic mass is 16.2. The SMILES string of the molecule is CN1CC2CCNCC2C1=O. The summed E-state index contributed by atoms with van der Waals surface area (Å²) in [7, 11) is 1.90. The third-order valence-electron chi connectivity index (χ3n) is 2.83. The lowest BCUT2D eigenvalue weighted by atomic mass is 9.89. The number of likely N-dealkylation sites (tertiary alicyclic amines) is 1. The molecule has 2 rings (SSSR count). The van der Waals surface area contributed by atoms with Gasteiger partial charge in [-0.3, -0.25) is 4.79 Å². The zero-order valence-corrected chi connectivity index (χ0v) is 6.84. The van der Waals surface area contributed by atoms with E-state index in [4.69, 9.17) is 0 Å². The Labute approximate surface area is 66.8 Å². The van der Waals surface area contributed by atoms with E-state index >= 15 is 0 Å². The first-order valence-corrected chi connectivity index (χ1v) is 4.25. The van der Waals surface area contributed by atoms with Crippen molar-refractivity contribution in [2.24, 2.45) is 11.8 Å². The summed E-state index contributed by atoms with van der Waals surface area (Å²) in [5.74, 6) is 1.25. The average Bonchev–Trinajstić information content (AvgIpc) is 2.30. The molecular weight excluding hydrogens is 140 g/mol. The molecule has 0 aromatic rings. The lowest BCUT2D eigenvalue weighted by Gasteiger charge is -2.22. The Kier molecular flexibility index (Phi) is 1.60. The molecule has 11 heavy (non-hydrogen) atoms. The molecule has 2 aliphatic heterocycles. The van der Waals surface area contributed by atoms with Gasteiger partial charge in [0.05, 0.1) is 5.92 Å². The number of carbonyl (C=O) groups is 1. The van der Waals surface area contributed by atoms with Crippen molar-refractivity contribution in [2.45, 2.75) is 6.42 Å². The fourth-order valence-corrected chi connectivity index (χ4v) is 2.15. The lowest BCUT2D eigenvalue weighted by Crippen LogP contribution is -2.37. The average molecular weight is 154 g/mol. The minimum absolute atomic E-state index is 0.286. The van der Waals surface area contributed by atoms with Gasteiger partial charge >= 0.3 is 0 Å². The summed E-state index contributed by atoms with van der Waals surface area (Å²) in [6, 6.07) is 0. The molecule has 3 heteroatoms. The van der Waals surface area contributed by atoms with Crippen LogP contribution in [-0.4, -0.2) is 37.5 Å². The largest absolute Gasteiger partial charge is 0.345 e. The van der Waals surface area contributed by atoms with Gasteiger partial charge in [-0.25, -0.2) is 0 Å². The molecule has 0 bridgehead atoms. The highest BCUT2D eigenvalue weighted by Crippen LogP contribution is 2.27. The number of hydrogen-bond donors (Lipinski definition) is 1. The van der Waals surface area contributed by atoms with Crippen molar-refractivity contribution in [2.75, 3.05) is 26.7 Å². The highest BCUT2D eigenvalue weighted by molar-refractivity contribution is 5.81. The van der Waals surface area contributed by atoms with Gasteiger partial charge in [-0.2, -0.15) is 0 Å². The second kappa shape index (κ2) is 2.48. The maximum atomic E-state index is 11.4. The summed E-state index contributed by atoms with van der Waals surface area (Å²) in [4.78, 5) is 13.3. The number of rotatable bonds is 0. The van der Waals surface area contributed by atoms with Crippen LogP contribution in [-0.2, 0) is 4.79 Å². The molecule has 0 spiro atoms. The van der Waals surface area contributed by atoms with Crippen molar-refractivity contribution in [3.63, 3.8) is 0 Å². The molecule has 2 atom stereocenters. The molecular formula is C8H14N2O. The number of carbonyl (C=O) groups excluding carboxylic acids is 1. The molecule has 0 aromatic carbocycles. The van der Waals surface area contributed by atoms with E-state index in [2.05, 4.69) is 5.32 Å². The Bertz CT molecular complexity index is 181. The molecule has 1 amide bonds. The smallest absolute Gasteiger partial charge is 0.227 e. The van der Waals surface area contributed by atoms with Gasteiger partial charge in [0.25, 0.3) is 0 Å². The summed E-state index contributed by atoms with van der Waals surface area (Å²) in [6.07, 6.45) is 1.17. The Morgan fingerprint density at radius 3 is 3.18 bits per heavy atom. The van der Waals surface area contributed by atoms with E-state index in [9.17, 15) is 4.79 Å². The first-order chi connectivity index (χ1) is 5.29. The fraction of sp³-hybridized carbons (Fsp3) is 0.875. The predicted molar refractivity (Wildman–Crippen MR) is 42.1 cm³/mol. The first-order valence-electron chi connectivity index (χ1n) is 4.25. The van der Waals surface area contributed by atoms with Gasteiger partial charge in [0.15, 0.2) is 0 Å². The van der Waals surface area contributed by atoms with Gasteiger partial charge in [-0.1, -0.05) is 0 Å². The van der Waals surface area contributed by atoms with Gasteiger partial charge in [0.1, 0.15) is 0 Å². The van der Waals surface area contributed by atoms with E-state index in [0.29, 0.717) is 11.8 Å². The third-order valence-corrected chi connectivity index (χ3v) is 2.83. The molecule has 0 radical (unpaired) electrons. The van der Waals surface area contributed by atoms with Crippen LogP contribution in [0.5, 0.6) is 0 Å². The van der Waals surface area contributed by atoms with Gasteiger partial charge < -0.3 is 10.2 Å². The number of fused-ring (bicyclic) bond motifs is 1. The maximum absolute atomic E-state index is 11.4. The van der Waals surface area contributed by atoms with Crippen LogP contribution < -0.4 is 5.32 Å². The van der Waals surface area contributed by atoms with Crippen LogP contribution in [0.3, 0.4) is 0 Å². The molecule has 2 fully saturated rings. The fourth-order valence-electron chi connectivity index (χ4n) is 2.15. The summed E-state index contributed by atoms with van der Waals surface area (Å²) < 4.78 is 0. The monoisotopic (exact) mass is 154 g/mol. The van der Waals surface area contributed by atoms with E-state index in [1.54, 1.807) is 0 Å². The molecule has 3 nitrogen and oxygen atoms in total. The van der Waals surface area contributed by atoms with Gasteiger partial charge in [0.2, 0.25) is 5.91 Å². The van der Waals surface area contributed by atoms with Crippen LogP contribution in [0.4, 0.5) is 0 Å². The molecule has 1 N–H and O–H groups in total. The minimum Gasteiger partial charge on any atom is -0.345 e. The Hall–Kier alpha value is -0.570. The number of piperidine rings is 1. The van der Waals surface area contributed by atoms with E-state index in [-0.39, 0.29) is 5.92 Å². The standard InChI is InChI=1S/C8H14N2O/c1-10-5-6-2-3-9-4-7(6)8(10)11/h6-7,9H,2-5H2,1H3. The van der Waals surface area contributed by atoms with E-state index in [1.165, 1.54) is 6.42 Å². The number of hydrogen-bond acceptors (Lipinski definition) is 2. The second-order valence-corrected chi connectivity index (χ2v) is 3.58.